The van der Waals surface area contributed by atoms with Crippen LogP contribution in [0.5, 0.6) is 0 Å². The van der Waals surface area contributed by atoms with E-state index in [1.807, 2.05) is 13.8 Å². The van der Waals surface area contributed by atoms with Crippen LogP contribution in [0.1, 0.15) is 39.5 Å². The summed E-state index contributed by atoms with van der Waals surface area (Å²) in [7, 11) is 0. The second kappa shape index (κ2) is 4.91. The molecule has 0 unspecified atom stereocenters. The molecular weight excluding hydrogens is 194 g/mol. The van der Waals surface area contributed by atoms with Crippen LogP contribution < -0.4 is 0 Å². The van der Waals surface area contributed by atoms with Crippen molar-refractivity contribution in [2.24, 2.45) is 0 Å². The van der Waals surface area contributed by atoms with E-state index in [0.717, 1.165) is 12.8 Å². The Morgan fingerprint density at radius 1 is 1.40 bits per heavy atom. The maximum Gasteiger partial charge on any atom is 0.331 e. The normalized spacial score (nSPS) is 11.6. The summed E-state index contributed by atoms with van der Waals surface area (Å²) in [5, 5.41) is 13.3. The Balaban J connectivity index is 3.07. The van der Waals surface area contributed by atoms with Crippen LogP contribution in [-0.2, 0) is 10.3 Å². The molecule has 1 N–H and O–H groups in total. The molecule has 0 aliphatic carbocycles. The molecular formula is C10H17N3O2. The average Bonchev–Trinajstić information content (AvgIpc) is 2.70. The van der Waals surface area contributed by atoms with E-state index in [9.17, 15) is 9.90 Å². The van der Waals surface area contributed by atoms with Gasteiger partial charge in [0.25, 0.3) is 0 Å². The Morgan fingerprint density at radius 3 is 2.33 bits per heavy atom. The number of hydrogen-bond donors (Lipinski definition) is 1. The zero-order chi connectivity index (χ0) is 11.3. The molecule has 0 saturated heterocycles. The molecule has 1 heterocycles. The highest BCUT2D eigenvalue weighted by Crippen LogP contribution is 2.27. The Morgan fingerprint density at radius 2 is 2.00 bits per heavy atom. The number of aliphatic carboxylic acids is 1. The minimum absolute atomic E-state index is 0.583. The second-order valence-corrected chi connectivity index (χ2v) is 3.68. The number of aromatic nitrogens is 3. The molecule has 1 aromatic heterocycles. The molecule has 1 rings (SSSR count). The first-order valence-electron chi connectivity index (χ1n) is 5.26. The predicted octanol–water partition coefficient (Wildman–Crippen LogP) is 1.66. The van der Waals surface area contributed by atoms with Crippen molar-refractivity contribution in [3.05, 3.63) is 12.7 Å². The van der Waals surface area contributed by atoms with Crippen molar-refractivity contribution in [3.63, 3.8) is 0 Å². The van der Waals surface area contributed by atoms with Gasteiger partial charge in [-0.3, -0.25) is 0 Å². The SMILES string of the molecule is CCCC(CCC)(C(=O)O)n1cncn1. The molecule has 0 bridgehead atoms. The van der Waals surface area contributed by atoms with E-state index in [1.54, 1.807) is 0 Å². The molecule has 0 radical (unpaired) electrons. The second-order valence-electron chi connectivity index (χ2n) is 3.68. The van der Waals surface area contributed by atoms with E-state index in [1.165, 1.54) is 17.3 Å². The topological polar surface area (TPSA) is 68.0 Å². The lowest BCUT2D eigenvalue weighted by Gasteiger charge is -2.28. The summed E-state index contributed by atoms with van der Waals surface area (Å²) in [5.74, 6) is -0.822. The van der Waals surface area contributed by atoms with Crippen molar-refractivity contribution in [2.75, 3.05) is 0 Å². The summed E-state index contributed by atoms with van der Waals surface area (Å²) in [6.07, 6.45) is 5.65. The zero-order valence-electron chi connectivity index (χ0n) is 9.18. The van der Waals surface area contributed by atoms with E-state index < -0.39 is 11.5 Å². The van der Waals surface area contributed by atoms with Gasteiger partial charge >= 0.3 is 5.97 Å². The lowest BCUT2D eigenvalue weighted by Crippen LogP contribution is -2.42. The minimum atomic E-state index is -0.917. The third-order valence-corrected chi connectivity index (χ3v) is 2.58. The molecule has 0 aliphatic rings. The van der Waals surface area contributed by atoms with Gasteiger partial charge in [0.2, 0.25) is 0 Å². The monoisotopic (exact) mass is 211 g/mol. The van der Waals surface area contributed by atoms with Gasteiger partial charge in [0.05, 0.1) is 0 Å². The molecule has 84 valence electrons. The maximum absolute atomic E-state index is 11.4. The van der Waals surface area contributed by atoms with E-state index in [2.05, 4.69) is 10.1 Å². The van der Waals surface area contributed by atoms with Crippen molar-refractivity contribution >= 4 is 5.97 Å². The highest BCUT2D eigenvalue weighted by atomic mass is 16.4. The number of nitrogens with zero attached hydrogens (tertiary/aromatic N) is 3. The third-order valence-electron chi connectivity index (χ3n) is 2.58. The average molecular weight is 211 g/mol. The molecule has 0 saturated carbocycles. The van der Waals surface area contributed by atoms with Crippen molar-refractivity contribution in [2.45, 2.75) is 45.1 Å². The van der Waals surface area contributed by atoms with Crippen LogP contribution in [0.4, 0.5) is 0 Å². The van der Waals surface area contributed by atoms with Crippen LogP contribution >= 0.6 is 0 Å². The molecule has 0 atom stereocenters. The summed E-state index contributed by atoms with van der Waals surface area (Å²) in [5.41, 5.74) is -0.917. The fourth-order valence-corrected chi connectivity index (χ4v) is 1.92. The van der Waals surface area contributed by atoms with E-state index in [-0.39, 0.29) is 0 Å². The van der Waals surface area contributed by atoms with Crippen LogP contribution in [-0.4, -0.2) is 25.8 Å². The standard InChI is InChI=1S/C10H17N3O2/c1-3-5-10(6-4-2,9(14)15)13-8-11-7-12-13/h7-8H,3-6H2,1-2H3,(H,14,15). The molecule has 0 fully saturated rings. The third kappa shape index (κ3) is 2.16. The van der Waals surface area contributed by atoms with Gasteiger partial charge in [-0.15, -0.1) is 0 Å². The highest BCUT2D eigenvalue weighted by molar-refractivity contribution is 5.76. The smallest absolute Gasteiger partial charge is 0.331 e. The Bertz CT molecular complexity index is 302. The Labute approximate surface area is 89.1 Å². The van der Waals surface area contributed by atoms with Crippen LogP contribution in [0, 0.1) is 0 Å². The molecule has 5 nitrogen and oxygen atoms in total. The van der Waals surface area contributed by atoms with Crippen LogP contribution in [0.25, 0.3) is 0 Å². The van der Waals surface area contributed by atoms with Gasteiger partial charge in [-0.2, -0.15) is 5.10 Å². The largest absolute Gasteiger partial charge is 0.479 e. The van der Waals surface area contributed by atoms with Gasteiger partial charge in [0.1, 0.15) is 12.7 Å². The summed E-state index contributed by atoms with van der Waals surface area (Å²) in [4.78, 5) is 15.2. The lowest BCUT2D eigenvalue weighted by atomic mass is 9.89. The van der Waals surface area contributed by atoms with Crippen LogP contribution in [0.15, 0.2) is 12.7 Å². The Hall–Kier alpha value is -1.39. The number of hydrogen-bond acceptors (Lipinski definition) is 3. The number of carbonyl (C=O) groups is 1. The first kappa shape index (κ1) is 11.7. The van der Waals surface area contributed by atoms with Gasteiger partial charge in [0.15, 0.2) is 5.54 Å². The molecule has 0 amide bonds. The van der Waals surface area contributed by atoms with Gasteiger partial charge in [-0.05, 0) is 12.8 Å². The molecule has 5 heteroatoms. The zero-order valence-corrected chi connectivity index (χ0v) is 9.18. The highest BCUT2D eigenvalue weighted by Gasteiger charge is 2.39. The van der Waals surface area contributed by atoms with Gasteiger partial charge < -0.3 is 5.11 Å². The number of rotatable bonds is 6. The molecule has 0 aliphatic heterocycles. The van der Waals surface area contributed by atoms with Gasteiger partial charge in [-0.1, -0.05) is 26.7 Å². The quantitative estimate of drug-likeness (QED) is 0.777. The Kier molecular flexibility index (Phi) is 3.82. The maximum atomic E-state index is 11.4. The first-order valence-corrected chi connectivity index (χ1v) is 5.26. The van der Waals surface area contributed by atoms with Crippen molar-refractivity contribution < 1.29 is 9.90 Å². The molecule has 1 aromatic rings. The van der Waals surface area contributed by atoms with E-state index in [0.29, 0.717) is 12.8 Å². The summed E-state index contributed by atoms with van der Waals surface area (Å²) in [6, 6.07) is 0. The summed E-state index contributed by atoms with van der Waals surface area (Å²) < 4.78 is 1.47. The fourth-order valence-electron chi connectivity index (χ4n) is 1.92. The lowest BCUT2D eigenvalue weighted by molar-refractivity contribution is -0.149. The minimum Gasteiger partial charge on any atom is -0.479 e. The fraction of sp³-hybridized carbons (Fsp3) is 0.700. The van der Waals surface area contributed by atoms with Crippen LogP contribution in [0.2, 0.25) is 0 Å². The van der Waals surface area contributed by atoms with Crippen molar-refractivity contribution in [3.8, 4) is 0 Å². The molecule has 0 aromatic carbocycles. The molecule has 15 heavy (non-hydrogen) atoms. The van der Waals surface area contributed by atoms with Crippen LogP contribution in [0.3, 0.4) is 0 Å². The first-order chi connectivity index (χ1) is 7.17. The van der Waals surface area contributed by atoms with Crippen molar-refractivity contribution in [1.29, 1.82) is 0 Å². The van der Waals surface area contributed by atoms with E-state index in [4.69, 9.17) is 0 Å². The van der Waals surface area contributed by atoms with Crippen molar-refractivity contribution in [1.82, 2.24) is 14.8 Å². The van der Waals surface area contributed by atoms with E-state index >= 15 is 0 Å². The van der Waals surface area contributed by atoms with Gasteiger partial charge in [-0.25, -0.2) is 14.5 Å². The summed E-state index contributed by atoms with van der Waals surface area (Å²) >= 11 is 0. The molecule has 0 spiro atoms. The summed E-state index contributed by atoms with van der Waals surface area (Å²) in [6.45, 7) is 3.95. The predicted molar refractivity (Wildman–Crippen MR) is 55.4 cm³/mol. The number of carboxylic acids is 1. The number of carboxylic acid groups (broad SMARTS) is 1. The van der Waals surface area contributed by atoms with Gasteiger partial charge in [0, 0.05) is 0 Å².